The molecule has 2 aromatic carbocycles. The minimum Gasteiger partial charge on any atom is -0.484 e. The zero-order valence-electron chi connectivity index (χ0n) is 19.0. The Bertz CT molecular complexity index is 1280. The van der Waals surface area contributed by atoms with Crippen LogP contribution in [0.2, 0.25) is 0 Å². The van der Waals surface area contributed by atoms with Gasteiger partial charge < -0.3 is 20.5 Å². The number of amides is 2. The molecule has 1 heterocycles. The normalized spacial score (nSPS) is 17.5. The van der Waals surface area contributed by atoms with Gasteiger partial charge in [0.1, 0.15) is 5.82 Å². The molecule has 0 unspecified atom stereocenters. The lowest BCUT2D eigenvalue weighted by Crippen LogP contribution is -2.34. The Balaban J connectivity index is 1.27. The Kier molecular flexibility index (Phi) is 7.78. The van der Waals surface area contributed by atoms with E-state index in [-0.39, 0.29) is 24.6 Å². The lowest BCUT2D eigenvalue weighted by molar-refractivity contribution is -0.143. The number of hydrogen-bond acceptors (Lipinski definition) is 5. The van der Waals surface area contributed by atoms with Gasteiger partial charge in [0.2, 0.25) is 0 Å². The second-order valence-corrected chi connectivity index (χ2v) is 9.59. The van der Waals surface area contributed by atoms with Gasteiger partial charge in [-0.25, -0.2) is 13.2 Å². The predicted molar refractivity (Wildman–Crippen MR) is 127 cm³/mol. The first-order valence-electron chi connectivity index (χ1n) is 11.3. The van der Waals surface area contributed by atoms with E-state index < -0.39 is 47.1 Å². The molecule has 7 nitrogen and oxygen atoms in total. The van der Waals surface area contributed by atoms with Crippen LogP contribution in [0.3, 0.4) is 0 Å². The van der Waals surface area contributed by atoms with Crippen LogP contribution in [0.1, 0.15) is 45.7 Å². The molecule has 2 amide bonds. The van der Waals surface area contributed by atoms with E-state index in [0.717, 1.165) is 16.8 Å². The van der Waals surface area contributed by atoms with Gasteiger partial charge in [-0.2, -0.15) is 0 Å². The van der Waals surface area contributed by atoms with Crippen molar-refractivity contribution in [2.75, 3.05) is 13.1 Å². The van der Waals surface area contributed by atoms with Gasteiger partial charge in [0, 0.05) is 23.4 Å². The molecule has 0 bridgehead atoms. The molecule has 0 atom stereocenters. The summed E-state index contributed by atoms with van der Waals surface area (Å²) in [7, 11) is 0. The highest BCUT2D eigenvalue weighted by atomic mass is 32.1. The van der Waals surface area contributed by atoms with Crippen molar-refractivity contribution in [3.05, 3.63) is 64.3 Å². The Morgan fingerprint density at radius 1 is 0.917 bits per heavy atom. The van der Waals surface area contributed by atoms with Gasteiger partial charge in [0.15, 0.2) is 17.4 Å². The number of aliphatic carboxylic acids is 1. The second-order valence-electron chi connectivity index (χ2n) is 8.50. The van der Waals surface area contributed by atoms with Crippen molar-refractivity contribution in [1.82, 2.24) is 10.6 Å². The number of carboxylic acid groups (broad SMARTS) is 1. The van der Waals surface area contributed by atoms with Gasteiger partial charge in [0.05, 0.1) is 16.9 Å². The first-order valence-corrected chi connectivity index (χ1v) is 12.2. The van der Waals surface area contributed by atoms with Crippen LogP contribution >= 0.6 is 11.3 Å². The maximum atomic E-state index is 14.5. The predicted octanol–water partition coefficient (Wildman–Crippen LogP) is 4.50. The van der Waals surface area contributed by atoms with E-state index >= 15 is 0 Å². The summed E-state index contributed by atoms with van der Waals surface area (Å²) in [5.41, 5.74) is -0.246. The van der Waals surface area contributed by atoms with E-state index in [0.29, 0.717) is 35.9 Å². The largest absolute Gasteiger partial charge is 0.484 e. The number of benzene rings is 2. The number of halogens is 3. The number of carboxylic acids is 1. The maximum Gasteiger partial charge on any atom is 0.306 e. The van der Waals surface area contributed by atoms with Crippen LogP contribution < -0.4 is 15.4 Å². The molecule has 1 saturated carbocycles. The van der Waals surface area contributed by atoms with Crippen LogP contribution in [0.4, 0.5) is 13.2 Å². The molecule has 1 aliphatic rings. The summed E-state index contributed by atoms with van der Waals surface area (Å²) in [4.78, 5) is 36.1. The minimum absolute atomic E-state index is 0.0123. The fourth-order valence-corrected chi connectivity index (χ4v) is 5.02. The number of nitrogens with one attached hydrogen (secondary N) is 2. The number of hydrogen-bond donors (Lipinski definition) is 3. The van der Waals surface area contributed by atoms with E-state index in [2.05, 4.69) is 10.6 Å². The van der Waals surface area contributed by atoms with E-state index in [1.165, 1.54) is 23.5 Å². The molecular weight excluding hydrogens is 497 g/mol. The monoisotopic (exact) mass is 520 g/mol. The Morgan fingerprint density at radius 2 is 1.56 bits per heavy atom. The summed E-state index contributed by atoms with van der Waals surface area (Å²) < 4.78 is 48.5. The Hall–Kier alpha value is -3.60. The number of thiophene rings is 1. The Morgan fingerprint density at radius 3 is 2.19 bits per heavy atom. The molecule has 3 N–H and O–H groups in total. The van der Waals surface area contributed by atoms with Crippen LogP contribution in [-0.4, -0.2) is 42.1 Å². The van der Waals surface area contributed by atoms with Gasteiger partial charge in [-0.05, 0) is 67.5 Å². The average molecular weight is 521 g/mol. The fourth-order valence-electron chi connectivity index (χ4n) is 4.07. The summed E-state index contributed by atoms with van der Waals surface area (Å²) in [6.45, 7) is 0.0801. The van der Waals surface area contributed by atoms with Gasteiger partial charge in [-0.1, -0.05) is 0 Å². The van der Waals surface area contributed by atoms with Crippen molar-refractivity contribution in [3.8, 4) is 5.75 Å². The molecule has 1 aliphatic carbocycles. The first-order chi connectivity index (χ1) is 17.2. The summed E-state index contributed by atoms with van der Waals surface area (Å²) in [5.74, 6) is -5.55. The Labute approximate surface area is 208 Å². The standard InChI is InChI=1S/C25H23F3N2O5S/c26-16-3-6-20-14(9-16)12-21(36-20)24(32)30-8-7-29-23(31)15-10-18(27)22(19(28)11-15)35-17-4-1-13(2-5-17)25(33)34/h3,6,9-13,17H,1-2,4-5,7-8H2,(H,29,31)(H,30,32)(H,33,34)/t13-,17+. The third-order valence-corrected chi connectivity index (χ3v) is 7.08. The number of ether oxygens (including phenoxy) is 1. The lowest BCUT2D eigenvalue weighted by Gasteiger charge is -2.27. The lowest BCUT2D eigenvalue weighted by atomic mass is 9.87. The van der Waals surface area contributed by atoms with Crippen molar-refractivity contribution >= 4 is 39.2 Å². The summed E-state index contributed by atoms with van der Waals surface area (Å²) in [6, 6.07) is 7.54. The molecular formula is C25H23F3N2O5S. The summed E-state index contributed by atoms with van der Waals surface area (Å²) >= 11 is 1.21. The second kappa shape index (κ2) is 11.0. The van der Waals surface area contributed by atoms with Gasteiger partial charge in [-0.15, -0.1) is 11.3 Å². The SMILES string of the molecule is O=C(NCCNC(=O)c1cc2cc(F)ccc2s1)c1cc(F)c(O[C@H]2CC[C@@H](C(=O)O)CC2)c(F)c1. The van der Waals surface area contributed by atoms with Crippen molar-refractivity contribution in [3.63, 3.8) is 0 Å². The average Bonchev–Trinajstić information content (AvgIpc) is 3.27. The van der Waals surface area contributed by atoms with Crippen LogP contribution in [0.5, 0.6) is 5.75 Å². The van der Waals surface area contributed by atoms with Gasteiger partial charge >= 0.3 is 5.97 Å². The third-order valence-electron chi connectivity index (χ3n) is 5.97. The van der Waals surface area contributed by atoms with E-state index in [4.69, 9.17) is 9.84 Å². The molecule has 0 spiro atoms. The van der Waals surface area contributed by atoms with Gasteiger partial charge in [0.25, 0.3) is 11.8 Å². The third kappa shape index (κ3) is 5.96. The highest BCUT2D eigenvalue weighted by Gasteiger charge is 2.28. The quantitative estimate of drug-likeness (QED) is 0.380. The molecule has 0 aliphatic heterocycles. The number of carbonyl (C=O) groups is 3. The summed E-state index contributed by atoms with van der Waals surface area (Å²) in [5, 5.41) is 14.8. The van der Waals surface area contributed by atoms with E-state index in [1.54, 1.807) is 12.1 Å². The van der Waals surface area contributed by atoms with Gasteiger partial charge in [-0.3, -0.25) is 14.4 Å². The van der Waals surface area contributed by atoms with Crippen LogP contribution in [0.15, 0.2) is 36.4 Å². The topological polar surface area (TPSA) is 105 Å². The first kappa shape index (κ1) is 25.5. The maximum absolute atomic E-state index is 14.5. The molecule has 190 valence electrons. The van der Waals surface area contributed by atoms with E-state index in [1.807, 2.05) is 0 Å². The smallest absolute Gasteiger partial charge is 0.306 e. The number of rotatable bonds is 8. The van der Waals surface area contributed by atoms with Crippen LogP contribution in [-0.2, 0) is 4.79 Å². The molecule has 0 radical (unpaired) electrons. The van der Waals surface area contributed by atoms with Crippen LogP contribution in [0.25, 0.3) is 10.1 Å². The van der Waals surface area contributed by atoms with Crippen molar-refractivity contribution in [2.24, 2.45) is 5.92 Å². The molecule has 1 fully saturated rings. The number of fused-ring (bicyclic) bond motifs is 1. The zero-order chi connectivity index (χ0) is 25.8. The molecule has 11 heteroatoms. The highest BCUT2D eigenvalue weighted by Crippen LogP contribution is 2.31. The molecule has 1 aromatic heterocycles. The van der Waals surface area contributed by atoms with Crippen molar-refractivity contribution in [1.29, 1.82) is 0 Å². The summed E-state index contributed by atoms with van der Waals surface area (Å²) in [6.07, 6.45) is 0.946. The fraction of sp³-hybridized carbons (Fsp3) is 0.320. The van der Waals surface area contributed by atoms with Crippen molar-refractivity contribution in [2.45, 2.75) is 31.8 Å². The van der Waals surface area contributed by atoms with E-state index in [9.17, 15) is 27.6 Å². The van der Waals surface area contributed by atoms with Crippen LogP contribution in [0, 0.1) is 23.4 Å². The minimum atomic E-state index is -1.03. The number of carbonyl (C=O) groups excluding carboxylic acids is 2. The molecule has 3 aromatic rings. The molecule has 36 heavy (non-hydrogen) atoms. The molecule has 4 rings (SSSR count). The van der Waals surface area contributed by atoms with Crippen molar-refractivity contribution < 1.29 is 37.4 Å². The highest BCUT2D eigenvalue weighted by molar-refractivity contribution is 7.20. The zero-order valence-corrected chi connectivity index (χ0v) is 19.8. The molecule has 0 saturated heterocycles.